The van der Waals surface area contributed by atoms with Crippen molar-refractivity contribution >= 4 is 0 Å². The third-order valence-corrected chi connectivity index (χ3v) is 2.77. The summed E-state index contributed by atoms with van der Waals surface area (Å²) in [6.07, 6.45) is 1.80. The number of methoxy groups -OCH3 is 1. The normalized spacial score (nSPS) is 11.3. The van der Waals surface area contributed by atoms with Crippen molar-refractivity contribution in [2.45, 2.75) is 39.5 Å². The fourth-order valence-electron chi connectivity index (χ4n) is 1.73. The van der Waals surface area contributed by atoms with Gasteiger partial charge in [-0.05, 0) is 30.5 Å². The molecule has 0 amide bonds. The van der Waals surface area contributed by atoms with Gasteiger partial charge in [0.25, 0.3) is 0 Å². The van der Waals surface area contributed by atoms with E-state index in [-0.39, 0.29) is 0 Å². The van der Waals surface area contributed by atoms with E-state index in [9.17, 15) is 0 Å². The van der Waals surface area contributed by atoms with Crippen LogP contribution in [0.25, 0.3) is 0 Å². The van der Waals surface area contributed by atoms with E-state index < -0.39 is 0 Å². The topological polar surface area (TPSA) is 18.5 Å². The highest BCUT2D eigenvalue weighted by Crippen LogP contribution is 2.31. The molecule has 1 aromatic rings. The third-order valence-electron chi connectivity index (χ3n) is 2.77. The number of hydrogen-bond donors (Lipinski definition) is 0. The quantitative estimate of drug-likeness (QED) is 0.731. The molecule has 2 heteroatoms. The van der Waals surface area contributed by atoms with Crippen LogP contribution in [0.5, 0.6) is 11.5 Å². The molecule has 1 aromatic carbocycles. The van der Waals surface area contributed by atoms with Gasteiger partial charge >= 0.3 is 0 Å². The predicted octanol–water partition coefficient (Wildman–Crippen LogP) is 4.00. The third kappa shape index (κ3) is 4.00. The second-order valence-electron chi connectivity index (χ2n) is 4.16. The number of rotatable bonds is 5. The molecule has 0 bridgehead atoms. The van der Waals surface area contributed by atoms with Gasteiger partial charge in [-0.2, -0.15) is 0 Å². The Kier molecular flexibility index (Phi) is 6.14. The molecule has 0 spiro atoms. The predicted molar refractivity (Wildman–Crippen MR) is 75.3 cm³/mol. The summed E-state index contributed by atoms with van der Waals surface area (Å²) >= 11 is 0. The van der Waals surface area contributed by atoms with Gasteiger partial charge in [0.1, 0.15) is 0 Å². The minimum Gasteiger partial charge on any atom is -0.493 e. The van der Waals surface area contributed by atoms with Crippen LogP contribution in [0.4, 0.5) is 0 Å². The Hall–Kier alpha value is -1.62. The summed E-state index contributed by atoms with van der Waals surface area (Å²) in [4.78, 5) is 0. The van der Waals surface area contributed by atoms with Gasteiger partial charge in [-0.1, -0.05) is 19.9 Å². The van der Waals surface area contributed by atoms with E-state index in [0.717, 1.165) is 24.3 Å². The first-order valence-corrected chi connectivity index (χ1v) is 6.49. The lowest BCUT2D eigenvalue weighted by molar-refractivity contribution is 0.310. The van der Waals surface area contributed by atoms with Crippen LogP contribution >= 0.6 is 0 Å². The van der Waals surface area contributed by atoms with Gasteiger partial charge in [0.15, 0.2) is 11.5 Å². The number of hydrogen-bond acceptors (Lipinski definition) is 2. The molecule has 18 heavy (non-hydrogen) atoms. The molecule has 0 fully saturated rings. The molecule has 1 rings (SSSR count). The molecule has 1 unspecified atom stereocenters. The van der Waals surface area contributed by atoms with E-state index in [1.54, 1.807) is 7.11 Å². The maximum Gasteiger partial charge on any atom is 0.161 e. The highest BCUT2D eigenvalue weighted by molar-refractivity contribution is 5.44. The van der Waals surface area contributed by atoms with Crippen molar-refractivity contribution < 1.29 is 9.47 Å². The zero-order valence-electron chi connectivity index (χ0n) is 11.7. The van der Waals surface area contributed by atoms with E-state index in [1.165, 1.54) is 5.56 Å². The molecule has 0 aliphatic carbocycles. The van der Waals surface area contributed by atoms with Crippen molar-refractivity contribution in [3.63, 3.8) is 0 Å². The Labute approximate surface area is 110 Å². The summed E-state index contributed by atoms with van der Waals surface area (Å²) in [5.74, 6) is 8.30. The average Bonchev–Trinajstić information content (AvgIpc) is 2.39. The van der Waals surface area contributed by atoms with Crippen LogP contribution in [-0.2, 0) is 0 Å². The first kappa shape index (κ1) is 14.4. The Balaban J connectivity index is 2.83. The summed E-state index contributed by atoms with van der Waals surface area (Å²) in [6, 6.07) is 6.11. The summed E-state index contributed by atoms with van der Waals surface area (Å²) in [5.41, 5.74) is 1.24. The molecular weight excluding hydrogens is 224 g/mol. The molecule has 98 valence electrons. The molecule has 0 saturated heterocycles. The molecule has 0 aliphatic rings. The molecule has 2 nitrogen and oxygen atoms in total. The Bertz CT molecular complexity index is 426. The average molecular weight is 246 g/mol. The van der Waals surface area contributed by atoms with Gasteiger partial charge < -0.3 is 9.47 Å². The second-order valence-corrected chi connectivity index (χ2v) is 4.16. The van der Waals surface area contributed by atoms with E-state index in [4.69, 9.17) is 9.47 Å². The molecular formula is C16H22O2. The zero-order chi connectivity index (χ0) is 13.4. The maximum absolute atomic E-state index is 5.51. The van der Waals surface area contributed by atoms with Crippen molar-refractivity contribution in [2.75, 3.05) is 13.7 Å². The number of ether oxygens (including phenoxy) is 2. The number of benzene rings is 1. The maximum atomic E-state index is 5.51. The molecule has 0 saturated carbocycles. The summed E-state index contributed by atoms with van der Waals surface area (Å²) in [7, 11) is 1.67. The van der Waals surface area contributed by atoms with E-state index in [1.807, 2.05) is 19.1 Å². The van der Waals surface area contributed by atoms with Gasteiger partial charge in [-0.15, -0.1) is 11.8 Å². The monoisotopic (exact) mass is 246 g/mol. The second kappa shape index (κ2) is 7.66. The Morgan fingerprint density at radius 1 is 1.17 bits per heavy atom. The van der Waals surface area contributed by atoms with Crippen LogP contribution in [0.2, 0.25) is 0 Å². The van der Waals surface area contributed by atoms with Crippen LogP contribution in [0.3, 0.4) is 0 Å². The Morgan fingerprint density at radius 2 is 1.94 bits per heavy atom. The molecule has 0 radical (unpaired) electrons. The summed E-state index contributed by atoms with van der Waals surface area (Å²) in [5, 5.41) is 0. The first-order chi connectivity index (χ1) is 8.72. The van der Waals surface area contributed by atoms with Crippen molar-refractivity contribution in [3.05, 3.63) is 23.8 Å². The molecule has 0 heterocycles. The van der Waals surface area contributed by atoms with Crippen LogP contribution in [0, 0.1) is 11.8 Å². The lowest BCUT2D eigenvalue weighted by Gasteiger charge is -2.13. The van der Waals surface area contributed by atoms with Crippen LogP contribution in [-0.4, -0.2) is 13.7 Å². The highest BCUT2D eigenvalue weighted by atomic mass is 16.5. The minimum atomic E-state index is 0.411. The molecule has 0 N–H and O–H groups in total. The van der Waals surface area contributed by atoms with Crippen molar-refractivity contribution in [1.82, 2.24) is 0 Å². The van der Waals surface area contributed by atoms with Crippen LogP contribution in [0.15, 0.2) is 18.2 Å². The van der Waals surface area contributed by atoms with Crippen molar-refractivity contribution in [1.29, 1.82) is 0 Å². The molecule has 0 aromatic heterocycles. The van der Waals surface area contributed by atoms with Crippen molar-refractivity contribution in [3.8, 4) is 23.3 Å². The molecule has 1 atom stereocenters. The van der Waals surface area contributed by atoms with Gasteiger partial charge in [0.2, 0.25) is 0 Å². The standard InChI is InChI=1S/C16H22O2/c1-5-7-8-9-13(3)14-10-11-15(18-6-2)16(12-14)17-4/h10-13H,5-6,9H2,1-4H3. The zero-order valence-corrected chi connectivity index (χ0v) is 11.7. The summed E-state index contributed by atoms with van der Waals surface area (Å²) < 4.78 is 10.9. The minimum absolute atomic E-state index is 0.411. The smallest absolute Gasteiger partial charge is 0.161 e. The van der Waals surface area contributed by atoms with E-state index in [2.05, 4.69) is 31.8 Å². The SMILES string of the molecule is CCC#CCC(C)c1ccc(OCC)c(OC)c1. The lowest BCUT2D eigenvalue weighted by atomic mass is 9.97. The fraction of sp³-hybridized carbons (Fsp3) is 0.500. The van der Waals surface area contributed by atoms with Crippen LogP contribution in [0.1, 0.15) is 45.1 Å². The van der Waals surface area contributed by atoms with Crippen LogP contribution < -0.4 is 9.47 Å². The van der Waals surface area contributed by atoms with Gasteiger partial charge in [0, 0.05) is 12.8 Å². The van der Waals surface area contributed by atoms with E-state index in [0.29, 0.717) is 12.5 Å². The lowest BCUT2D eigenvalue weighted by Crippen LogP contribution is -1.98. The first-order valence-electron chi connectivity index (χ1n) is 6.49. The molecule has 0 aliphatic heterocycles. The van der Waals surface area contributed by atoms with Crippen molar-refractivity contribution in [2.24, 2.45) is 0 Å². The van der Waals surface area contributed by atoms with E-state index >= 15 is 0 Å². The Morgan fingerprint density at radius 3 is 2.56 bits per heavy atom. The summed E-state index contributed by atoms with van der Waals surface area (Å²) in [6.45, 7) is 6.86. The fourth-order valence-corrected chi connectivity index (χ4v) is 1.73. The largest absolute Gasteiger partial charge is 0.493 e. The highest BCUT2D eigenvalue weighted by Gasteiger charge is 2.09. The van der Waals surface area contributed by atoms with Gasteiger partial charge in [-0.3, -0.25) is 0 Å². The van der Waals surface area contributed by atoms with Gasteiger partial charge in [0.05, 0.1) is 13.7 Å². The van der Waals surface area contributed by atoms with Gasteiger partial charge in [-0.25, -0.2) is 0 Å².